The molecule has 0 radical (unpaired) electrons. The Kier molecular flexibility index (Phi) is 2.88. The van der Waals surface area contributed by atoms with Gasteiger partial charge in [0.2, 0.25) is 0 Å². The number of fused-ring (bicyclic) bond motifs is 1. The lowest BCUT2D eigenvalue weighted by Crippen LogP contribution is -2.31. The molecule has 16 heavy (non-hydrogen) atoms. The van der Waals surface area contributed by atoms with E-state index in [-0.39, 0.29) is 5.41 Å². The van der Waals surface area contributed by atoms with Gasteiger partial charge < -0.3 is 15.5 Å². The van der Waals surface area contributed by atoms with E-state index in [1.54, 1.807) is 6.26 Å². The molecule has 0 saturated carbocycles. The van der Waals surface area contributed by atoms with Gasteiger partial charge >= 0.3 is 0 Å². The third kappa shape index (κ3) is 2.19. The van der Waals surface area contributed by atoms with E-state index in [0.717, 1.165) is 23.2 Å². The maximum Gasteiger partial charge on any atom is 0.136 e. The second-order valence-corrected chi connectivity index (χ2v) is 4.87. The van der Waals surface area contributed by atoms with Gasteiger partial charge in [-0.25, -0.2) is 0 Å². The fourth-order valence-electron chi connectivity index (χ4n) is 1.52. The van der Waals surface area contributed by atoms with Crippen LogP contribution in [-0.2, 0) is 0 Å². The van der Waals surface area contributed by atoms with Gasteiger partial charge in [-0.3, -0.25) is 0 Å². The van der Waals surface area contributed by atoms with E-state index in [1.165, 1.54) is 0 Å². The van der Waals surface area contributed by atoms with Gasteiger partial charge in [-0.05, 0) is 24.1 Å². The van der Waals surface area contributed by atoms with Gasteiger partial charge in [-0.2, -0.15) is 0 Å². The van der Waals surface area contributed by atoms with E-state index >= 15 is 0 Å². The molecule has 3 N–H and O–H groups in total. The van der Waals surface area contributed by atoms with Crippen LogP contribution < -0.4 is 11.1 Å². The summed E-state index contributed by atoms with van der Waals surface area (Å²) in [6, 6.07) is 8.00. The SMILES string of the molecule is CC(C)(CN)CNc1coc2ccccc12. The van der Waals surface area contributed by atoms with Crippen molar-refractivity contribution in [1.82, 2.24) is 0 Å². The van der Waals surface area contributed by atoms with E-state index in [0.29, 0.717) is 6.54 Å². The van der Waals surface area contributed by atoms with Gasteiger partial charge in [-0.15, -0.1) is 0 Å². The number of anilines is 1. The molecule has 2 aromatic rings. The Hall–Kier alpha value is -1.48. The number of benzene rings is 1. The lowest BCUT2D eigenvalue weighted by molar-refractivity contribution is 0.405. The third-order valence-corrected chi connectivity index (χ3v) is 2.79. The number of hydrogen-bond acceptors (Lipinski definition) is 3. The van der Waals surface area contributed by atoms with E-state index in [2.05, 4.69) is 25.2 Å². The minimum atomic E-state index is 0.0956. The minimum absolute atomic E-state index is 0.0956. The van der Waals surface area contributed by atoms with Crippen LogP contribution in [0.2, 0.25) is 0 Å². The molecule has 2 rings (SSSR count). The van der Waals surface area contributed by atoms with Crippen molar-refractivity contribution in [3.63, 3.8) is 0 Å². The van der Waals surface area contributed by atoms with Gasteiger partial charge in [0.25, 0.3) is 0 Å². The highest BCUT2D eigenvalue weighted by atomic mass is 16.3. The first-order valence-corrected chi connectivity index (χ1v) is 5.52. The van der Waals surface area contributed by atoms with E-state index < -0.39 is 0 Å². The maximum absolute atomic E-state index is 5.69. The molecule has 1 aromatic heterocycles. The van der Waals surface area contributed by atoms with Crippen LogP contribution >= 0.6 is 0 Å². The quantitative estimate of drug-likeness (QED) is 0.829. The van der Waals surface area contributed by atoms with Crippen molar-refractivity contribution in [1.29, 1.82) is 0 Å². The second-order valence-electron chi connectivity index (χ2n) is 4.87. The van der Waals surface area contributed by atoms with Gasteiger partial charge in [0.15, 0.2) is 0 Å². The van der Waals surface area contributed by atoms with Crippen molar-refractivity contribution in [2.24, 2.45) is 11.1 Å². The highest BCUT2D eigenvalue weighted by Gasteiger charge is 2.16. The van der Waals surface area contributed by atoms with Gasteiger partial charge in [0.1, 0.15) is 11.8 Å². The zero-order valence-electron chi connectivity index (χ0n) is 9.79. The molecule has 86 valence electrons. The molecule has 0 saturated heterocycles. The van der Waals surface area contributed by atoms with Crippen LogP contribution in [0.4, 0.5) is 5.69 Å². The van der Waals surface area contributed by atoms with Crippen LogP contribution in [-0.4, -0.2) is 13.1 Å². The number of rotatable bonds is 4. The smallest absolute Gasteiger partial charge is 0.136 e. The second kappa shape index (κ2) is 4.18. The zero-order valence-corrected chi connectivity index (χ0v) is 9.79. The van der Waals surface area contributed by atoms with Crippen molar-refractivity contribution < 1.29 is 4.42 Å². The predicted molar refractivity (Wildman–Crippen MR) is 67.5 cm³/mol. The summed E-state index contributed by atoms with van der Waals surface area (Å²) in [7, 11) is 0. The van der Waals surface area contributed by atoms with Gasteiger partial charge in [0.05, 0.1) is 5.69 Å². The molecule has 0 unspecified atom stereocenters. The Morgan fingerprint density at radius 2 is 2.06 bits per heavy atom. The van der Waals surface area contributed by atoms with Crippen LogP contribution in [0.5, 0.6) is 0 Å². The number of furan rings is 1. The summed E-state index contributed by atoms with van der Waals surface area (Å²) in [6.45, 7) is 5.79. The molecule has 1 heterocycles. The number of nitrogens with one attached hydrogen (secondary N) is 1. The molecule has 0 atom stereocenters. The fraction of sp³-hybridized carbons (Fsp3) is 0.385. The first-order chi connectivity index (χ1) is 7.62. The summed E-state index contributed by atoms with van der Waals surface area (Å²) < 4.78 is 5.45. The number of nitrogens with two attached hydrogens (primary N) is 1. The molecule has 3 nitrogen and oxygen atoms in total. The molecule has 0 aliphatic rings. The van der Waals surface area contributed by atoms with Crippen molar-refractivity contribution in [3.05, 3.63) is 30.5 Å². The summed E-state index contributed by atoms with van der Waals surface area (Å²) in [5.74, 6) is 0. The Morgan fingerprint density at radius 3 is 2.81 bits per heavy atom. The Bertz CT molecular complexity index is 473. The van der Waals surface area contributed by atoms with Crippen LogP contribution in [0.1, 0.15) is 13.8 Å². The Morgan fingerprint density at radius 1 is 1.31 bits per heavy atom. The standard InChI is InChI=1S/C13H18N2O/c1-13(2,8-14)9-15-11-7-16-12-6-4-3-5-10(11)12/h3-7,15H,8-9,14H2,1-2H3. The molecular weight excluding hydrogens is 200 g/mol. The summed E-state index contributed by atoms with van der Waals surface area (Å²) in [5.41, 5.74) is 7.74. The number of para-hydroxylation sites is 1. The van der Waals surface area contributed by atoms with Crippen LogP contribution in [0, 0.1) is 5.41 Å². The monoisotopic (exact) mass is 218 g/mol. The molecule has 3 heteroatoms. The topological polar surface area (TPSA) is 51.2 Å². The normalized spacial score (nSPS) is 11.9. The van der Waals surface area contributed by atoms with Crippen molar-refractivity contribution >= 4 is 16.7 Å². The lowest BCUT2D eigenvalue weighted by Gasteiger charge is -2.22. The molecule has 0 aliphatic heterocycles. The van der Waals surface area contributed by atoms with E-state index in [4.69, 9.17) is 10.2 Å². The van der Waals surface area contributed by atoms with Crippen molar-refractivity contribution in [3.8, 4) is 0 Å². The highest BCUT2D eigenvalue weighted by Crippen LogP contribution is 2.26. The van der Waals surface area contributed by atoms with Crippen LogP contribution in [0.15, 0.2) is 34.9 Å². The fourth-order valence-corrected chi connectivity index (χ4v) is 1.52. The number of hydrogen-bond donors (Lipinski definition) is 2. The van der Waals surface area contributed by atoms with E-state index in [9.17, 15) is 0 Å². The van der Waals surface area contributed by atoms with Gasteiger partial charge in [0, 0.05) is 11.9 Å². The first-order valence-electron chi connectivity index (χ1n) is 5.52. The molecule has 0 spiro atoms. The molecule has 0 bridgehead atoms. The summed E-state index contributed by atoms with van der Waals surface area (Å²) >= 11 is 0. The third-order valence-electron chi connectivity index (χ3n) is 2.79. The van der Waals surface area contributed by atoms with E-state index in [1.807, 2.05) is 18.2 Å². The molecule has 0 fully saturated rings. The molecule has 1 aromatic carbocycles. The summed E-state index contributed by atoms with van der Waals surface area (Å²) in [5, 5.41) is 4.51. The molecule has 0 aliphatic carbocycles. The summed E-state index contributed by atoms with van der Waals surface area (Å²) in [4.78, 5) is 0. The molecular formula is C13H18N2O. The van der Waals surface area contributed by atoms with Crippen LogP contribution in [0.25, 0.3) is 11.0 Å². The lowest BCUT2D eigenvalue weighted by atomic mass is 9.94. The zero-order chi connectivity index (χ0) is 11.6. The van der Waals surface area contributed by atoms with Crippen LogP contribution in [0.3, 0.4) is 0 Å². The Balaban J connectivity index is 2.16. The van der Waals surface area contributed by atoms with Crippen molar-refractivity contribution in [2.45, 2.75) is 13.8 Å². The first kappa shape index (κ1) is 11.0. The average Bonchev–Trinajstić information content (AvgIpc) is 2.70. The average molecular weight is 218 g/mol. The highest BCUT2D eigenvalue weighted by molar-refractivity contribution is 5.90. The largest absolute Gasteiger partial charge is 0.462 e. The predicted octanol–water partition coefficient (Wildman–Crippen LogP) is 2.83. The summed E-state index contributed by atoms with van der Waals surface area (Å²) in [6.07, 6.45) is 1.76. The minimum Gasteiger partial charge on any atom is -0.462 e. The molecule has 0 amide bonds. The Labute approximate surface area is 95.6 Å². The van der Waals surface area contributed by atoms with Crippen molar-refractivity contribution in [2.75, 3.05) is 18.4 Å². The van der Waals surface area contributed by atoms with Gasteiger partial charge in [-0.1, -0.05) is 26.0 Å². The maximum atomic E-state index is 5.69.